The van der Waals surface area contributed by atoms with Crippen LogP contribution in [-0.2, 0) is 11.3 Å². The Kier molecular flexibility index (Phi) is 5.76. The predicted molar refractivity (Wildman–Crippen MR) is 81.8 cm³/mol. The van der Waals surface area contributed by atoms with E-state index in [4.69, 9.17) is 20.1 Å². The summed E-state index contributed by atoms with van der Waals surface area (Å²) in [6.45, 7) is 0.428. The first kappa shape index (κ1) is 15.8. The first-order valence-corrected chi connectivity index (χ1v) is 6.80. The average molecular weight is 302 g/mol. The fourth-order valence-corrected chi connectivity index (χ4v) is 1.74. The summed E-state index contributed by atoms with van der Waals surface area (Å²) in [5.74, 6) is 1.39. The number of furan rings is 1. The second-order valence-corrected chi connectivity index (χ2v) is 4.56. The highest BCUT2D eigenvalue weighted by Gasteiger charge is 2.05. The standard InChI is InChI=1S/C16H18N2O4/c17-16(19)18(20)10-11-21-12-15-9-8-14(22-15)7-6-13-4-2-1-3-5-13/h1-9,20H,10-12H2,(H2,17,19). The number of carbonyl (C=O) groups is 1. The summed E-state index contributed by atoms with van der Waals surface area (Å²) in [5.41, 5.74) is 5.96. The van der Waals surface area contributed by atoms with Crippen LogP contribution in [0.25, 0.3) is 12.2 Å². The Morgan fingerprint density at radius 2 is 2.00 bits per heavy atom. The molecule has 0 radical (unpaired) electrons. The number of amides is 2. The van der Waals surface area contributed by atoms with E-state index in [1.54, 1.807) is 0 Å². The highest BCUT2D eigenvalue weighted by molar-refractivity contribution is 5.70. The number of hydrogen-bond acceptors (Lipinski definition) is 4. The van der Waals surface area contributed by atoms with E-state index in [-0.39, 0.29) is 19.8 Å². The quantitative estimate of drug-likeness (QED) is 0.467. The monoisotopic (exact) mass is 302 g/mol. The molecule has 116 valence electrons. The van der Waals surface area contributed by atoms with Gasteiger partial charge in [-0.25, -0.2) is 9.86 Å². The van der Waals surface area contributed by atoms with Gasteiger partial charge in [0.25, 0.3) is 0 Å². The van der Waals surface area contributed by atoms with Crippen molar-refractivity contribution in [3.8, 4) is 0 Å². The summed E-state index contributed by atoms with van der Waals surface area (Å²) in [6.07, 6.45) is 3.83. The number of nitrogens with two attached hydrogens (primary N) is 1. The summed E-state index contributed by atoms with van der Waals surface area (Å²) < 4.78 is 10.9. The lowest BCUT2D eigenvalue weighted by Gasteiger charge is -2.11. The minimum absolute atomic E-state index is 0.0107. The number of hydroxylamine groups is 2. The molecule has 22 heavy (non-hydrogen) atoms. The van der Waals surface area contributed by atoms with Crippen molar-refractivity contribution in [2.45, 2.75) is 6.61 Å². The van der Waals surface area contributed by atoms with Crippen molar-refractivity contribution >= 4 is 18.2 Å². The van der Waals surface area contributed by atoms with Crippen LogP contribution in [0.5, 0.6) is 0 Å². The van der Waals surface area contributed by atoms with Crippen LogP contribution in [0, 0.1) is 0 Å². The zero-order chi connectivity index (χ0) is 15.8. The maximum absolute atomic E-state index is 10.6. The van der Waals surface area contributed by atoms with Gasteiger partial charge in [0.1, 0.15) is 18.1 Å². The maximum Gasteiger partial charge on any atom is 0.338 e. The molecule has 1 heterocycles. The average Bonchev–Trinajstić information content (AvgIpc) is 2.98. The number of benzene rings is 1. The van der Waals surface area contributed by atoms with Gasteiger partial charge in [-0.05, 0) is 23.8 Å². The highest BCUT2D eigenvalue weighted by Crippen LogP contribution is 2.13. The molecule has 6 nitrogen and oxygen atoms in total. The predicted octanol–water partition coefficient (Wildman–Crippen LogP) is 2.74. The largest absolute Gasteiger partial charge is 0.459 e. The van der Waals surface area contributed by atoms with Crippen LogP contribution in [0.15, 0.2) is 46.9 Å². The Morgan fingerprint density at radius 3 is 2.73 bits per heavy atom. The smallest absolute Gasteiger partial charge is 0.338 e. The lowest BCUT2D eigenvalue weighted by atomic mass is 10.2. The van der Waals surface area contributed by atoms with E-state index in [9.17, 15) is 4.79 Å². The van der Waals surface area contributed by atoms with Gasteiger partial charge in [0, 0.05) is 0 Å². The molecule has 0 aliphatic carbocycles. The number of urea groups is 1. The number of primary amides is 1. The molecule has 3 N–H and O–H groups in total. The second-order valence-electron chi connectivity index (χ2n) is 4.56. The van der Waals surface area contributed by atoms with E-state index in [0.717, 1.165) is 11.3 Å². The minimum atomic E-state index is -0.907. The van der Waals surface area contributed by atoms with Crippen molar-refractivity contribution in [1.82, 2.24) is 5.06 Å². The van der Waals surface area contributed by atoms with Crippen molar-refractivity contribution in [3.05, 3.63) is 59.5 Å². The van der Waals surface area contributed by atoms with Crippen LogP contribution in [-0.4, -0.2) is 29.5 Å². The molecule has 0 unspecified atom stereocenters. The van der Waals surface area contributed by atoms with Gasteiger partial charge >= 0.3 is 6.03 Å². The Hall–Kier alpha value is -2.57. The zero-order valence-corrected chi connectivity index (χ0v) is 12.0. The SMILES string of the molecule is NC(=O)N(O)CCOCc1ccc(C=Cc2ccccc2)o1. The van der Waals surface area contributed by atoms with Crippen molar-refractivity contribution in [1.29, 1.82) is 0 Å². The molecular formula is C16H18N2O4. The Balaban J connectivity index is 1.77. The van der Waals surface area contributed by atoms with Crippen molar-refractivity contribution in [2.75, 3.05) is 13.2 Å². The molecule has 0 fully saturated rings. The Morgan fingerprint density at radius 1 is 1.23 bits per heavy atom. The van der Waals surface area contributed by atoms with E-state index in [1.807, 2.05) is 54.6 Å². The van der Waals surface area contributed by atoms with Gasteiger partial charge in [-0.15, -0.1) is 0 Å². The van der Waals surface area contributed by atoms with Crippen LogP contribution in [0.2, 0.25) is 0 Å². The van der Waals surface area contributed by atoms with Gasteiger partial charge in [0.05, 0.1) is 13.2 Å². The molecule has 1 aromatic heterocycles. The van der Waals surface area contributed by atoms with Gasteiger partial charge in [0.2, 0.25) is 0 Å². The van der Waals surface area contributed by atoms with Crippen LogP contribution >= 0.6 is 0 Å². The van der Waals surface area contributed by atoms with Crippen molar-refractivity contribution < 1.29 is 19.2 Å². The van der Waals surface area contributed by atoms with Crippen LogP contribution in [0.3, 0.4) is 0 Å². The number of rotatable bonds is 7. The Labute approximate surface area is 128 Å². The number of carbonyl (C=O) groups excluding carboxylic acids is 1. The molecule has 0 spiro atoms. The summed E-state index contributed by atoms with van der Waals surface area (Å²) in [4.78, 5) is 10.6. The molecular weight excluding hydrogens is 284 g/mol. The molecule has 2 amide bonds. The molecule has 1 aromatic carbocycles. The van der Waals surface area contributed by atoms with E-state index in [2.05, 4.69) is 0 Å². The molecule has 6 heteroatoms. The van der Waals surface area contributed by atoms with Crippen molar-refractivity contribution in [3.63, 3.8) is 0 Å². The molecule has 0 aliphatic heterocycles. The lowest BCUT2D eigenvalue weighted by Crippen LogP contribution is -2.35. The van der Waals surface area contributed by atoms with Crippen LogP contribution < -0.4 is 5.73 Å². The molecule has 0 saturated carbocycles. The first-order chi connectivity index (χ1) is 10.6. The molecule has 0 aliphatic rings. The van der Waals surface area contributed by atoms with Gasteiger partial charge in [0.15, 0.2) is 0 Å². The summed E-state index contributed by atoms with van der Waals surface area (Å²) in [6, 6.07) is 12.7. The minimum Gasteiger partial charge on any atom is -0.459 e. The van der Waals surface area contributed by atoms with E-state index in [1.165, 1.54) is 0 Å². The topological polar surface area (TPSA) is 88.9 Å². The Bertz CT molecular complexity index is 622. The molecule has 2 aromatic rings. The number of ether oxygens (including phenoxy) is 1. The fraction of sp³-hybridized carbons (Fsp3) is 0.188. The summed E-state index contributed by atoms with van der Waals surface area (Å²) in [7, 11) is 0. The summed E-state index contributed by atoms with van der Waals surface area (Å²) in [5, 5.41) is 9.45. The lowest BCUT2D eigenvalue weighted by molar-refractivity contribution is -0.0590. The normalized spacial score (nSPS) is 11.0. The highest BCUT2D eigenvalue weighted by atomic mass is 16.5. The van der Waals surface area contributed by atoms with E-state index in [0.29, 0.717) is 10.8 Å². The summed E-state index contributed by atoms with van der Waals surface area (Å²) >= 11 is 0. The van der Waals surface area contributed by atoms with Gasteiger partial charge < -0.3 is 14.9 Å². The number of hydrogen-bond donors (Lipinski definition) is 2. The van der Waals surface area contributed by atoms with Crippen molar-refractivity contribution in [2.24, 2.45) is 5.73 Å². The van der Waals surface area contributed by atoms with Gasteiger partial charge in [-0.3, -0.25) is 5.21 Å². The van der Waals surface area contributed by atoms with Gasteiger partial charge in [-0.1, -0.05) is 36.4 Å². The molecule has 0 atom stereocenters. The van der Waals surface area contributed by atoms with E-state index >= 15 is 0 Å². The fourth-order valence-electron chi connectivity index (χ4n) is 1.74. The maximum atomic E-state index is 10.6. The zero-order valence-electron chi connectivity index (χ0n) is 12.0. The third-order valence-corrected chi connectivity index (χ3v) is 2.87. The third-order valence-electron chi connectivity index (χ3n) is 2.87. The molecule has 2 rings (SSSR count). The van der Waals surface area contributed by atoms with E-state index < -0.39 is 6.03 Å². The van der Waals surface area contributed by atoms with Crippen LogP contribution in [0.1, 0.15) is 17.1 Å². The third kappa shape index (κ3) is 5.08. The number of nitrogens with zero attached hydrogens (tertiary/aromatic N) is 1. The van der Waals surface area contributed by atoms with Crippen LogP contribution in [0.4, 0.5) is 4.79 Å². The molecule has 0 bridgehead atoms. The second kappa shape index (κ2) is 8.02. The van der Waals surface area contributed by atoms with Gasteiger partial charge in [-0.2, -0.15) is 0 Å². The molecule has 0 saturated heterocycles. The first-order valence-electron chi connectivity index (χ1n) is 6.80.